The fourth-order valence-electron chi connectivity index (χ4n) is 5.43. The van der Waals surface area contributed by atoms with Crippen LogP contribution in [0, 0.1) is 23.2 Å². The maximum absolute atomic E-state index is 16.0. The summed E-state index contributed by atoms with van der Waals surface area (Å²) in [6, 6.07) is 7.48. The first-order valence-corrected chi connectivity index (χ1v) is 18.5. The number of amides is 1. The highest BCUT2D eigenvalue weighted by Gasteiger charge is 2.47. The average molecular weight is 603 g/mol. The third kappa shape index (κ3) is 6.54. The van der Waals surface area contributed by atoms with Gasteiger partial charge in [-0.05, 0) is 70.2 Å². The Morgan fingerprint density at radius 2 is 1.91 bits per heavy atom. The van der Waals surface area contributed by atoms with Crippen molar-refractivity contribution in [3.63, 3.8) is 0 Å². The summed E-state index contributed by atoms with van der Waals surface area (Å²) in [5.41, 5.74) is 4.44. The summed E-state index contributed by atoms with van der Waals surface area (Å²) in [7, 11) is -1.76. The number of rotatable bonds is 6. The smallest absolute Gasteiger partial charge is 0.410 e. The maximum Gasteiger partial charge on any atom is 0.410 e. The van der Waals surface area contributed by atoms with Crippen LogP contribution in [0.3, 0.4) is 0 Å². The molecule has 2 saturated heterocycles. The molecule has 1 aliphatic carbocycles. The zero-order valence-electron chi connectivity index (χ0n) is 25.7. The molecule has 6 rings (SSSR count). The summed E-state index contributed by atoms with van der Waals surface area (Å²) >= 11 is 0. The van der Waals surface area contributed by atoms with Crippen LogP contribution in [0.5, 0.6) is 5.75 Å². The number of hydrogen-bond donors (Lipinski definition) is 1. The summed E-state index contributed by atoms with van der Waals surface area (Å²) in [4.78, 5) is 30.5. The van der Waals surface area contributed by atoms with Crippen molar-refractivity contribution >= 4 is 42.5 Å². The van der Waals surface area contributed by atoms with Crippen molar-refractivity contribution in [3.05, 3.63) is 42.0 Å². The Bertz CT molecular complexity index is 1620. The van der Waals surface area contributed by atoms with Crippen molar-refractivity contribution in [2.75, 3.05) is 29.9 Å². The summed E-state index contributed by atoms with van der Waals surface area (Å²) in [6.45, 7) is 13.8. The van der Waals surface area contributed by atoms with Gasteiger partial charge in [0.25, 0.3) is 0 Å². The highest BCUT2D eigenvalue weighted by atomic mass is 28.3. The lowest BCUT2D eigenvalue weighted by atomic mass is 10.1. The quantitative estimate of drug-likeness (QED) is 0.266. The van der Waals surface area contributed by atoms with E-state index >= 15 is 4.39 Å². The van der Waals surface area contributed by atoms with Gasteiger partial charge in [-0.25, -0.2) is 24.1 Å². The SMILES string of the molecule is CC(C)(C)OC(=O)N1C[C@@H]2C[C@H]1CN2c1ccc2ncnc(Nc3ccc(OCC4CC4)c(C#C[Si](C)(C)C)c3F)c2n1. The van der Waals surface area contributed by atoms with Crippen molar-refractivity contribution < 1.29 is 18.7 Å². The normalized spacial score (nSPS) is 19.8. The highest BCUT2D eigenvalue weighted by molar-refractivity contribution is 6.83. The minimum atomic E-state index is -1.76. The minimum absolute atomic E-state index is 0.0624. The molecule has 2 bridgehead atoms. The van der Waals surface area contributed by atoms with E-state index in [1.807, 2.05) is 37.8 Å². The number of piperazine rings is 1. The largest absolute Gasteiger partial charge is 0.492 e. The molecule has 4 heterocycles. The lowest BCUT2D eigenvalue weighted by molar-refractivity contribution is 0.0214. The van der Waals surface area contributed by atoms with Gasteiger partial charge < -0.3 is 24.6 Å². The number of ether oxygens (including phenoxy) is 2. The number of carbonyl (C=O) groups excluding carboxylic acids is 1. The van der Waals surface area contributed by atoms with E-state index in [1.165, 1.54) is 6.33 Å². The van der Waals surface area contributed by atoms with Crippen LogP contribution in [0.15, 0.2) is 30.6 Å². The standard InChI is InChI=1S/C32H39FN6O3Si/c1-32(2,3)42-31(40)39-17-21-15-22(39)16-38(21)27-12-10-25-29(37-27)30(35-19-34-25)36-24-9-11-26(41-18-20-7-8-20)23(28(24)33)13-14-43(4,5)6/h9-12,19-22H,7-8,15-18H2,1-6H3,(H,34,35,36)/t21-,22-/m0/s1. The topological polar surface area (TPSA) is 92.7 Å². The number of pyridine rings is 1. The highest BCUT2D eigenvalue weighted by Crippen LogP contribution is 2.37. The molecule has 2 atom stereocenters. The molecule has 2 aliphatic heterocycles. The Morgan fingerprint density at radius 3 is 2.58 bits per heavy atom. The molecule has 3 fully saturated rings. The Labute approximate surface area is 253 Å². The number of nitrogens with zero attached hydrogens (tertiary/aromatic N) is 5. The lowest BCUT2D eigenvalue weighted by Gasteiger charge is -2.35. The Morgan fingerprint density at radius 1 is 1.12 bits per heavy atom. The first-order valence-electron chi connectivity index (χ1n) is 15.0. The van der Waals surface area contributed by atoms with Gasteiger partial charge in [0.1, 0.15) is 42.6 Å². The number of aromatic nitrogens is 3. The Hall–Kier alpha value is -3.91. The molecule has 1 amide bonds. The van der Waals surface area contributed by atoms with Gasteiger partial charge >= 0.3 is 6.09 Å². The molecule has 3 aliphatic rings. The van der Waals surface area contributed by atoms with Crippen LogP contribution in [0.4, 0.5) is 26.5 Å². The number of likely N-dealkylation sites (tertiary alicyclic amines) is 1. The zero-order valence-corrected chi connectivity index (χ0v) is 26.7. The van der Waals surface area contributed by atoms with Crippen LogP contribution in [0.1, 0.15) is 45.6 Å². The second-order valence-electron chi connectivity index (χ2n) is 13.8. The number of fused-ring (bicyclic) bond motifs is 3. The van der Waals surface area contributed by atoms with Gasteiger partial charge in [-0.3, -0.25) is 0 Å². The maximum atomic E-state index is 16.0. The van der Waals surface area contributed by atoms with Gasteiger partial charge in [0, 0.05) is 13.1 Å². The molecular formula is C32H39FN6O3Si. The predicted molar refractivity (Wildman–Crippen MR) is 168 cm³/mol. The van der Waals surface area contributed by atoms with Crippen molar-refractivity contribution in [2.24, 2.45) is 5.92 Å². The van der Waals surface area contributed by atoms with Crippen molar-refractivity contribution in [3.8, 4) is 17.2 Å². The Kier molecular flexibility index (Phi) is 7.45. The number of anilines is 3. The molecule has 2 aromatic heterocycles. The van der Waals surface area contributed by atoms with E-state index in [1.54, 1.807) is 12.1 Å². The van der Waals surface area contributed by atoms with Crippen molar-refractivity contribution in [1.29, 1.82) is 0 Å². The molecule has 43 heavy (non-hydrogen) atoms. The van der Waals surface area contributed by atoms with Gasteiger partial charge in [0.15, 0.2) is 11.6 Å². The number of halogens is 1. The molecule has 226 valence electrons. The number of carbonyl (C=O) groups is 1. The van der Waals surface area contributed by atoms with Crippen LogP contribution in [-0.2, 0) is 4.74 Å². The molecule has 9 nitrogen and oxygen atoms in total. The fourth-order valence-corrected chi connectivity index (χ4v) is 5.93. The summed E-state index contributed by atoms with van der Waals surface area (Å²) in [5.74, 6) is 4.81. The van der Waals surface area contributed by atoms with Gasteiger partial charge in [-0.2, -0.15) is 0 Å². The van der Waals surface area contributed by atoms with E-state index in [4.69, 9.17) is 14.5 Å². The van der Waals surface area contributed by atoms with E-state index < -0.39 is 19.5 Å². The van der Waals surface area contributed by atoms with Crippen LogP contribution < -0.4 is 15.0 Å². The summed E-state index contributed by atoms with van der Waals surface area (Å²) < 4.78 is 27.6. The van der Waals surface area contributed by atoms with E-state index in [2.05, 4.69) is 51.3 Å². The van der Waals surface area contributed by atoms with E-state index in [0.29, 0.717) is 48.2 Å². The van der Waals surface area contributed by atoms with Crippen LogP contribution >= 0.6 is 0 Å². The van der Waals surface area contributed by atoms with Crippen molar-refractivity contribution in [2.45, 2.75) is 77.4 Å². The van der Waals surface area contributed by atoms with E-state index in [-0.39, 0.29) is 29.4 Å². The molecule has 0 spiro atoms. The van der Waals surface area contributed by atoms with Crippen LogP contribution in [-0.4, -0.2) is 71.4 Å². The molecule has 1 saturated carbocycles. The predicted octanol–water partition coefficient (Wildman–Crippen LogP) is 6.12. The third-order valence-electron chi connectivity index (χ3n) is 7.72. The molecule has 1 aromatic carbocycles. The van der Waals surface area contributed by atoms with Gasteiger partial charge in [0.2, 0.25) is 0 Å². The number of nitrogens with one attached hydrogen (secondary N) is 1. The summed E-state index contributed by atoms with van der Waals surface area (Å²) in [5, 5.41) is 3.16. The second kappa shape index (κ2) is 11.0. The molecular weight excluding hydrogens is 563 g/mol. The monoisotopic (exact) mass is 602 g/mol. The second-order valence-corrected chi connectivity index (χ2v) is 18.5. The lowest BCUT2D eigenvalue weighted by Crippen LogP contribution is -2.50. The molecule has 0 radical (unpaired) electrons. The molecule has 11 heteroatoms. The van der Waals surface area contributed by atoms with Gasteiger partial charge in [0.05, 0.1) is 29.9 Å². The van der Waals surface area contributed by atoms with Crippen LogP contribution in [0.25, 0.3) is 11.0 Å². The number of benzene rings is 1. The molecule has 3 aromatic rings. The first-order chi connectivity index (χ1) is 20.3. The average Bonchev–Trinajstić information content (AvgIpc) is 3.54. The van der Waals surface area contributed by atoms with Crippen molar-refractivity contribution in [1.82, 2.24) is 19.9 Å². The zero-order chi connectivity index (χ0) is 30.5. The van der Waals surface area contributed by atoms with Gasteiger partial charge in [-0.1, -0.05) is 25.6 Å². The Balaban J connectivity index is 1.26. The van der Waals surface area contributed by atoms with E-state index in [0.717, 1.165) is 25.1 Å². The number of hydrogen-bond acceptors (Lipinski definition) is 8. The first kappa shape index (κ1) is 29.2. The van der Waals surface area contributed by atoms with Gasteiger partial charge in [-0.15, -0.1) is 5.54 Å². The minimum Gasteiger partial charge on any atom is -0.492 e. The molecule has 0 unspecified atom stereocenters. The third-order valence-corrected chi connectivity index (χ3v) is 8.60. The van der Waals surface area contributed by atoms with E-state index in [9.17, 15) is 4.79 Å². The fraction of sp³-hybridized carbons (Fsp3) is 0.500. The van der Waals surface area contributed by atoms with Crippen LogP contribution in [0.2, 0.25) is 19.6 Å². The molecule has 1 N–H and O–H groups in total. The summed E-state index contributed by atoms with van der Waals surface area (Å²) in [6.07, 6.45) is 4.32.